The Kier molecular flexibility index (Phi) is 5.38. The smallest absolute Gasteiger partial charge is 0.316 e. The van der Waals surface area contributed by atoms with Crippen LogP contribution >= 0.6 is 0 Å². The van der Waals surface area contributed by atoms with Gasteiger partial charge in [0.05, 0.1) is 24.7 Å². The number of rotatable bonds is 3. The van der Waals surface area contributed by atoms with Gasteiger partial charge in [0.25, 0.3) is 0 Å². The third-order valence-corrected chi connectivity index (χ3v) is 11.0. The Hall–Kier alpha value is -1.95. The predicted octanol–water partition coefficient (Wildman–Crippen LogP) is 4.56. The molecule has 0 N–H and O–H groups in total. The van der Waals surface area contributed by atoms with E-state index in [9.17, 15) is 14.4 Å². The van der Waals surface area contributed by atoms with Crippen molar-refractivity contribution in [3.63, 3.8) is 0 Å². The Bertz CT molecular complexity index is 1020. The van der Waals surface area contributed by atoms with Crippen LogP contribution in [0.15, 0.2) is 23.3 Å². The summed E-state index contributed by atoms with van der Waals surface area (Å²) < 4.78 is 18.0. The maximum absolute atomic E-state index is 13.6. The summed E-state index contributed by atoms with van der Waals surface area (Å²) >= 11 is 0. The zero-order chi connectivity index (χ0) is 24.7. The summed E-state index contributed by atoms with van der Waals surface area (Å²) in [5.41, 5.74) is 1.06. The molecule has 0 radical (unpaired) electrons. The minimum atomic E-state index is -0.887. The second-order valence-corrected chi connectivity index (χ2v) is 12.4. The van der Waals surface area contributed by atoms with Crippen molar-refractivity contribution in [2.75, 3.05) is 7.11 Å². The molecular weight excluding hydrogens is 444 g/mol. The van der Waals surface area contributed by atoms with Gasteiger partial charge in [0.1, 0.15) is 6.10 Å². The number of hydrogen-bond donors (Lipinski definition) is 0. The molecule has 9 atom stereocenters. The van der Waals surface area contributed by atoms with Gasteiger partial charge in [-0.25, -0.2) is 0 Å². The first-order valence-electron chi connectivity index (χ1n) is 13.6. The molecule has 0 bridgehead atoms. The zero-order valence-corrected chi connectivity index (χ0v) is 21.4. The van der Waals surface area contributed by atoms with Crippen LogP contribution < -0.4 is 0 Å². The molecule has 2 saturated carbocycles. The highest BCUT2D eigenvalue weighted by Crippen LogP contribution is 2.65. The number of allylic oxidation sites excluding steroid dienone is 2. The highest BCUT2D eigenvalue weighted by molar-refractivity contribution is 6.00. The molecular formula is C29H38O6. The van der Waals surface area contributed by atoms with Gasteiger partial charge in [0, 0.05) is 17.8 Å². The first kappa shape index (κ1) is 23.4. The lowest BCUT2D eigenvalue weighted by molar-refractivity contribution is -0.205. The van der Waals surface area contributed by atoms with Gasteiger partial charge in [-0.15, -0.1) is 0 Å². The van der Waals surface area contributed by atoms with Gasteiger partial charge in [-0.2, -0.15) is 0 Å². The topological polar surface area (TPSA) is 78.9 Å². The minimum Gasteiger partial charge on any atom is -0.469 e. The quantitative estimate of drug-likeness (QED) is 0.433. The third kappa shape index (κ3) is 3.14. The van der Waals surface area contributed by atoms with Crippen LogP contribution in [0.5, 0.6) is 0 Å². The van der Waals surface area contributed by atoms with E-state index >= 15 is 0 Å². The van der Waals surface area contributed by atoms with E-state index in [1.807, 2.05) is 13.8 Å². The minimum absolute atomic E-state index is 0.0186. The molecule has 2 aliphatic heterocycles. The fourth-order valence-electron chi connectivity index (χ4n) is 9.15. The van der Waals surface area contributed by atoms with Gasteiger partial charge in [-0.3, -0.25) is 14.4 Å². The summed E-state index contributed by atoms with van der Waals surface area (Å²) in [7, 11) is 1.40. The van der Waals surface area contributed by atoms with E-state index in [1.165, 1.54) is 50.4 Å². The number of methoxy groups -OCH3 is 1. The van der Waals surface area contributed by atoms with Crippen LogP contribution in [-0.4, -0.2) is 43.1 Å². The van der Waals surface area contributed by atoms with Crippen LogP contribution in [-0.2, 0) is 28.6 Å². The molecule has 0 spiro atoms. The molecule has 35 heavy (non-hydrogen) atoms. The standard InChI is InChI=1S/C29H38O6/c1-15-17(16-8-6-5-7-9-16)13-21-18(15)12-19-20(14-23(31)33-4)29(3)22(30)10-11-28(2)26(29)25(24(19)34-21)35-27(28)32/h10-11,16-17,19-21,24-26H,5-9,12-14H2,1-4H3/t17-,19+,20+,21+,24+,25+,26+,28-,29+/m1/s1. The van der Waals surface area contributed by atoms with E-state index in [2.05, 4.69) is 6.92 Å². The highest BCUT2D eigenvalue weighted by atomic mass is 16.6. The van der Waals surface area contributed by atoms with Gasteiger partial charge in [0.2, 0.25) is 0 Å². The fraction of sp³-hybridized carbons (Fsp3) is 0.759. The van der Waals surface area contributed by atoms with Gasteiger partial charge < -0.3 is 14.2 Å². The molecule has 6 rings (SSSR count). The molecule has 6 aliphatic rings. The third-order valence-electron chi connectivity index (χ3n) is 11.0. The summed E-state index contributed by atoms with van der Waals surface area (Å²) in [5.74, 6) is -0.0498. The van der Waals surface area contributed by atoms with Gasteiger partial charge in [-0.05, 0) is 74.9 Å². The van der Waals surface area contributed by atoms with E-state index in [0.29, 0.717) is 5.92 Å². The number of ketones is 1. The van der Waals surface area contributed by atoms with Crippen molar-refractivity contribution < 1.29 is 28.6 Å². The van der Waals surface area contributed by atoms with E-state index in [-0.39, 0.29) is 54.1 Å². The Morgan fingerprint density at radius 2 is 1.89 bits per heavy atom. The van der Waals surface area contributed by atoms with Gasteiger partial charge >= 0.3 is 11.9 Å². The average Bonchev–Trinajstić information content (AvgIpc) is 3.33. The second kappa shape index (κ2) is 8.03. The molecule has 0 unspecified atom stereocenters. The number of ether oxygens (including phenoxy) is 3. The molecule has 190 valence electrons. The number of carbonyl (C=O) groups is 3. The second-order valence-electron chi connectivity index (χ2n) is 12.4. The lowest BCUT2D eigenvalue weighted by Gasteiger charge is -2.58. The van der Waals surface area contributed by atoms with Crippen molar-refractivity contribution >= 4 is 17.7 Å². The molecule has 4 aliphatic carbocycles. The number of hydrogen-bond acceptors (Lipinski definition) is 6. The van der Waals surface area contributed by atoms with Crippen molar-refractivity contribution in [2.45, 2.75) is 90.4 Å². The number of fused-ring (bicyclic) bond motifs is 3. The van der Waals surface area contributed by atoms with Crippen LogP contribution in [0, 0.1) is 40.4 Å². The first-order valence-corrected chi connectivity index (χ1v) is 13.6. The average molecular weight is 483 g/mol. The predicted molar refractivity (Wildman–Crippen MR) is 128 cm³/mol. The summed E-state index contributed by atoms with van der Waals surface area (Å²) in [6.45, 7) is 6.11. The Morgan fingerprint density at radius 3 is 2.60 bits per heavy atom. The van der Waals surface area contributed by atoms with E-state index in [0.717, 1.165) is 18.8 Å². The maximum Gasteiger partial charge on any atom is 0.316 e. The molecule has 0 aromatic carbocycles. The molecule has 6 heteroatoms. The van der Waals surface area contributed by atoms with Crippen molar-refractivity contribution in [3.8, 4) is 0 Å². The van der Waals surface area contributed by atoms with Gasteiger partial charge in [-0.1, -0.05) is 37.8 Å². The van der Waals surface area contributed by atoms with E-state index in [4.69, 9.17) is 14.2 Å². The van der Waals surface area contributed by atoms with Crippen LogP contribution in [0.3, 0.4) is 0 Å². The summed E-state index contributed by atoms with van der Waals surface area (Å²) in [6.07, 6.45) is 11.1. The molecule has 6 nitrogen and oxygen atoms in total. The zero-order valence-electron chi connectivity index (χ0n) is 21.4. The van der Waals surface area contributed by atoms with E-state index in [1.54, 1.807) is 12.2 Å². The molecule has 0 aromatic heterocycles. The molecule has 0 amide bonds. The fourth-order valence-corrected chi connectivity index (χ4v) is 9.15. The Balaban J connectivity index is 1.41. The highest BCUT2D eigenvalue weighted by Gasteiger charge is 2.73. The lowest BCUT2D eigenvalue weighted by Crippen LogP contribution is -2.65. The summed E-state index contributed by atoms with van der Waals surface area (Å²) in [5, 5.41) is 0. The van der Waals surface area contributed by atoms with Crippen LogP contribution in [0.1, 0.15) is 72.1 Å². The van der Waals surface area contributed by atoms with Crippen LogP contribution in [0.4, 0.5) is 0 Å². The van der Waals surface area contributed by atoms with Crippen molar-refractivity contribution in [1.82, 2.24) is 0 Å². The molecule has 0 aromatic rings. The van der Waals surface area contributed by atoms with Crippen molar-refractivity contribution in [3.05, 3.63) is 23.3 Å². The monoisotopic (exact) mass is 482 g/mol. The molecule has 4 fully saturated rings. The molecule has 2 heterocycles. The van der Waals surface area contributed by atoms with Crippen LogP contribution in [0.25, 0.3) is 0 Å². The lowest BCUT2D eigenvalue weighted by atomic mass is 9.45. The number of carbonyl (C=O) groups excluding carboxylic acids is 3. The SMILES string of the molecule is COC(=O)C[C@H]1[C@@H]2CC3=C(C)[C@H](C4CCCCC4)C[C@@H]3O[C@@H]2[C@@H]2OC(=O)[C@]3(C)C=CC(=O)[C@@]1(C)[C@@H]23. The normalized spacial score (nSPS) is 46.7. The Morgan fingerprint density at radius 1 is 1.14 bits per heavy atom. The summed E-state index contributed by atoms with van der Waals surface area (Å²) in [4.78, 5) is 39.4. The van der Waals surface area contributed by atoms with Crippen LogP contribution in [0.2, 0.25) is 0 Å². The van der Waals surface area contributed by atoms with Crippen molar-refractivity contribution in [2.24, 2.45) is 40.4 Å². The Labute approximate surface area is 207 Å². The van der Waals surface area contributed by atoms with Crippen molar-refractivity contribution in [1.29, 1.82) is 0 Å². The van der Waals surface area contributed by atoms with Gasteiger partial charge in [0.15, 0.2) is 5.78 Å². The van der Waals surface area contributed by atoms with E-state index < -0.39 is 16.9 Å². The first-order chi connectivity index (χ1) is 16.7. The number of esters is 2. The largest absolute Gasteiger partial charge is 0.469 e. The molecule has 2 saturated heterocycles. The maximum atomic E-state index is 13.6. The summed E-state index contributed by atoms with van der Waals surface area (Å²) in [6, 6.07) is 0.